The van der Waals surface area contributed by atoms with Crippen LogP contribution in [0.15, 0.2) is 17.1 Å². The minimum atomic E-state index is 0.333. The van der Waals surface area contributed by atoms with Crippen LogP contribution < -0.4 is 0 Å². The van der Waals surface area contributed by atoms with E-state index in [4.69, 9.17) is 0 Å². The molecule has 0 bridgehead atoms. The zero-order chi connectivity index (χ0) is 6.74. The summed E-state index contributed by atoms with van der Waals surface area (Å²) in [4.78, 5) is 4.15. The molecule has 1 aliphatic heterocycles. The molecule has 0 saturated carbocycles. The first-order valence-electron chi connectivity index (χ1n) is 3.37. The summed E-state index contributed by atoms with van der Waals surface area (Å²) in [6.45, 7) is 5.31. The van der Waals surface area contributed by atoms with Crippen LogP contribution in [0.25, 0.3) is 0 Å². The normalized spacial score (nSPS) is 23.8. The topological polar surface area (TPSA) is 12.4 Å². The Kier molecular flexibility index (Phi) is 1.70. The summed E-state index contributed by atoms with van der Waals surface area (Å²) in [5, 5.41) is 0. The fourth-order valence-corrected chi connectivity index (χ4v) is 0.875. The first kappa shape index (κ1) is 6.53. The van der Waals surface area contributed by atoms with E-state index in [1.807, 2.05) is 6.21 Å². The highest BCUT2D eigenvalue weighted by molar-refractivity contribution is 5.59. The zero-order valence-corrected chi connectivity index (χ0v) is 6.09. The maximum Gasteiger partial charge on any atom is 0.0566 e. The quantitative estimate of drug-likeness (QED) is 0.437. The maximum absolute atomic E-state index is 4.15. The summed E-state index contributed by atoms with van der Waals surface area (Å²) in [6, 6.07) is 0. The summed E-state index contributed by atoms with van der Waals surface area (Å²) in [6.07, 6.45) is 7.45. The zero-order valence-electron chi connectivity index (χ0n) is 6.09. The molecule has 0 N–H and O–H groups in total. The third-order valence-electron chi connectivity index (χ3n) is 1.53. The van der Waals surface area contributed by atoms with Crippen molar-refractivity contribution in [3.8, 4) is 0 Å². The van der Waals surface area contributed by atoms with E-state index in [-0.39, 0.29) is 0 Å². The predicted octanol–water partition coefficient (Wildman–Crippen LogP) is 2.04. The second kappa shape index (κ2) is 2.34. The van der Waals surface area contributed by atoms with Crippen LogP contribution in [0.3, 0.4) is 0 Å². The molecule has 0 fully saturated rings. The minimum absolute atomic E-state index is 0.333. The number of allylic oxidation sites excluding steroid dienone is 1. The molecule has 0 atom stereocenters. The Hall–Kier alpha value is -0.590. The van der Waals surface area contributed by atoms with Gasteiger partial charge in [-0.1, -0.05) is 26.0 Å². The van der Waals surface area contributed by atoms with Crippen LogP contribution in [0.1, 0.15) is 20.3 Å². The fourth-order valence-electron chi connectivity index (χ4n) is 0.875. The van der Waals surface area contributed by atoms with Crippen LogP contribution in [0.5, 0.6) is 0 Å². The van der Waals surface area contributed by atoms with Gasteiger partial charge in [0.25, 0.3) is 0 Å². The molecule has 0 aromatic rings. The lowest BCUT2D eigenvalue weighted by Gasteiger charge is -2.14. The average molecular weight is 123 g/mol. The Morgan fingerprint density at radius 2 is 2.22 bits per heavy atom. The van der Waals surface area contributed by atoms with Crippen molar-refractivity contribution in [2.45, 2.75) is 20.3 Å². The van der Waals surface area contributed by atoms with E-state index in [1.165, 1.54) is 0 Å². The molecular weight excluding hydrogens is 110 g/mol. The SMILES string of the molecule is CC1(C)C=CCN=CC1. The van der Waals surface area contributed by atoms with Gasteiger partial charge in [0.2, 0.25) is 0 Å². The molecule has 1 rings (SSSR count). The maximum atomic E-state index is 4.15. The first-order valence-corrected chi connectivity index (χ1v) is 3.37. The Bertz CT molecular complexity index is 143. The lowest BCUT2D eigenvalue weighted by molar-refractivity contribution is 0.510. The van der Waals surface area contributed by atoms with E-state index in [2.05, 4.69) is 31.0 Å². The van der Waals surface area contributed by atoms with Crippen molar-refractivity contribution in [3.63, 3.8) is 0 Å². The first-order chi connectivity index (χ1) is 4.21. The van der Waals surface area contributed by atoms with Gasteiger partial charge in [0.1, 0.15) is 0 Å². The Balaban J connectivity index is 2.66. The van der Waals surface area contributed by atoms with Crippen molar-refractivity contribution >= 4 is 6.21 Å². The predicted molar refractivity (Wildman–Crippen MR) is 40.9 cm³/mol. The highest BCUT2D eigenvalue weighted by Crippen LogP contribution is 2.21. The lowest BCUT2D eigenvalue weighted by Crippen LogP contribution is -2.05. The number of aliphatic imine (C=N–C) groups is 1. The average Bonchev–Trinajstić information content (AvgIpc) is 1.92. The lowest BCUT2D eigenvalue weighted by atomic mass is 9.90. The van der Waals surface area contributed by atoms with Gasteiger partial charge in [-0.15, -0.1) is 0 Å². The van der Waals surface area contributed by atoms with Crippen LogP contribution in [-0.2, 0) is 0 Å². The van der Waals surface area contributed by atoms with E-state index < -0.39 is 0 Å². The smallest absolute Gasteiger partial charge is 0.0566 e. The van der Waals surface area contributed by atoms with Crippen LogP contribution in [0, 0.1) is 5.41 Å². The molecule has 1 aliphatic rings. The van der Waals surface area contributed by atoms with Gasteiger partial charge in [-0.2, -0.15) is 0 Å². The van der Waals surface area contributed by atoms with E-state index in [0.717, 1.165) is 13.0 Å². The Morgan fingerprint density at radius 3 is 3.00 bits per heavy atom. The molecule has 50 valence electrons. The van der Waals surface area contributed by atoms with Crippen LogP contribution in [0.2, 0.25) is 0 Å². The van der Waals surface area contributed by atoms with Crippen molar-refractivity contribution in [3.05, 3.63) is 12.2 Å². The van der Waals surface area contributed by atoms with Gasteiger partial charge >= 0.3 is 0 Å². The summed E-state index contributed by atoms with van der Waals surface area (Å²) in [5.41, 5.74) is 0.333. The van der Waals surface area contributed by atoms with Crippen molar-refractivity contribution in [2.24, 2.45) is 10.4 Å². The molecular formula is C8H13N. The second-order valence-electron chi connectivity index (χ2n) is 3.14. The van der Waals surface area contributed by atoms with Gasteiger partial charge < -0.3 is 0 Å². The van der Waals surface area contributed by atoms with E-state index in [0.29, 0.717) is 5.41 Å². The summed E-state index contributed by atoms with van der Waals surface area (Å²) in [5.74, 6) is 0. The van der Waals surface area contributed by atoms with Gasteiger partial charge in [0, 0.05) is 0 Å². The van der Waals surface area contributed by atoms with Gasteiger partial charge in [0.15, 0.2) is 0 Å². The van der Waals surface area contributed by atoms with E-state index in [9.17, 15) is 0 Å². The van der Waals surface area contributed by atoms with Crippen molar-refractivity contribution in [1.29, 1.82) is 0 Å². The fraction of sp³-hybridized carbons (Fsp3) is 0.625. The molecule has 0 unspecified atom stereocenters. The Morgan fingerprint density at radius 1 is 1.44 bits per heavy atom. The van der Waals surface area contributed by atoms with Crippen molar-refractivity contribution in [1.82, 2.24) is 0 Å². The molecule has 0 spiro atoms. The molecule has 1 heteroatoms. The number of hydrogen-bond acceptors (Lipinski definition) is 1. The third-order valence-corrected chi connectivity index (χ3v) is 1.53. The van der Waals surface area contributed by atoms with Gasteiger partial charge in [-0.05, 0) is 18.1 Å². The van der Waals surface area contributed by atoms with Crippen LogP contribution in [0.4, 0.5) is 0 Å². The number of hydrogen-bond donors (Lipinski definition) is 0. The highest BCUT2D eigenvalue weighted by Gasteiger charge is 2.12. The summed E-state index contributed by atoms with van der Waals surface area (Å²) in [7, 11) is 0. The Labute approximate surface area is 56.5 Å². The van der Waals surface area contributed by atoms with Gasteiger partial charge in [0.05, 0.1) is 6.54 Å². The molecule has 0 radical (unpaired) electrons. The molecule has 0 aromatic carbocycles. The van der Waals surface area contributed by atoms with Gasteiger partial charge in [-0.3, -0.25) is 4.99 Å². The van der Waals surface area contributed by atoms with E-state index >= 15 is 0 Å². The molecule has 1 nitrogen and oxygen atoms in total. The van der Waals surface area contributed by atoms with Crippen molar-refractivity contribution < 1.29 is 0 Å². The summed E-state index contributed by atoms with van der Waals surface area (Å²) < 4.78 is 0. The number of nitrogens with zero attached hydrogens (tertiary/aromatic N) is 1. The van der Waals surface area contributed by atoms with Gasteiger partial charge in [-0.25, -0.2) is 0 Å². The molecule has 0 aliphatic carbocycles. The molecule has 0 aromatic heterocycles. The van der Waals surface area contributed by atoms with E-state index in [1.54, 1.807) is 0 Å². The standard InChI is InChI=1S/C8H13N/c1-8(2)4-3-6-9-7-5-8/h3-4,7H,5-6H2,1-2H3. The highest BCUT2D eigenvalue weighted by atomic mass is 14.7. The van der Waals surface area contributed by atoms with Crippen molar-refractivity contribution in [2.75, 3.05) is 6.54 Å². The minimum Gasteiger partial charge on any atom is -0.293 e. The molecule has 1 heterocycles. The summed E-state index contributed by atoms with van der Waals surface area (Å²) >= 11 is 0. The number of rotatable bonds is 0. The van der Waals surface area contributed by atoms with Crippen LogP contribution in [-0.4, -0.2) is 12.8 Å². The van der Waals surface area contributed by atoms with Crippen LogP contribution >= 0.6 is 0 Å². The monoisotopic (exact) mass is 123 g/mol. The second-order valence-corrected chi connectivity index (χ2v) is 3.14. The molecule has 0 saturated heterocycles. The third kappa shape index (κ3) is 2.00. The molecule has 0 amide bonds. The largest absolute Gasteiger partial charge is 0.293 e. The molecule has 9 heavy (non-hydrogen) atoms.